The molecule has 0 spiro atoms. The van der Waals surface area contributed by atoms with E-state index >= 15 is 0 Å². The highest BCUT2D eigenvalue weighted by molar-refractivity contribution is 5.79. The fourth-order valence-electron chi connectivity index (χ4n) is 2.29. The lowest BCUT2D eigenvalue weighted by Crippen LogP contribution is -2.23. The van der Waals surface area contributed by atoms with Crippen LogP contribution in [-0.2, 0) is 9.53 Å². The molecule has 0 saturated carbocycles. The monoisotopic (exact) mass is 343 g/mol. The number of ether oxygens (including phenoxy) is 1. The maximum Gasteiger partial charge on any atom is 0.314 e. The number of hydrogen-bond acceptors (Lipinski definition) is 6. The molecule has 25 heavy (non-hydrogen) atoms. The van der Waals surface area contributed by atoms with Gasteiger partial charge in [-0.1, -0.05) is 12.1 Å². The van der Waals surface area contributed by atoms with Crippen molar-refractivity contribution < 1.29 is 18.8 Å². The molecule has 0 amide bonds. The van der Waals surface area contributed by atoms with E-state index in [-0.39, 0.29) is 23.5 Å². The van der Waals surface area contributed by atoms with Crippen LogP contribution in [0.25, 0.3) is 0 Å². The molecule has 0 heterocycles. The summed E-state index contributed by atoms with van der Waals surface area (Å²) in [5.74, 6) is -1.78. The number of carbonyl (C=O) groups is 1. The second-order valence-corrected chi connectivity index (χ2v) is 5.11. The predicted octanol–water partition coefficient (Wildman–Crippen LogP) is 2.97. The van der Waals surface area contributed by atoms with Crippen molar-refractivity contribution in [3.8, 4) is 6.07 Å². The van der Waals surface area contributed by atoms with Gasteiger partial charge in [0.05, 0.1) is 29.6 Å². The van der Waals surface area contributed by atoms with Crippen molar-refractivity contribution in [2.75, 3.05) is 19.0 Å². The number of halogens is 1. The van der Waals surface area contributed by atoms with Gasteiger partial charge in [0.1, 0.15) is 11.5 Å². The van der Waals surface area contributed by atoms with Gasteiger partial charge < -0.3 is 10.1 Å². The molecular formula is C17H14FN3O4. The van der Waals surface area contributed by atoms with Gasteiger partial charge in [-0.05, 0) is 29.8 Å². The van der Waals surface area contributed by atoms with E-state index in [1.165, 1.54) is 43.5 Å². The molecule has 8 heteroatoms. The van der Waals surface area contributed by atoms with Crippen molar-refractivity contribution in [2.45, 2.75) is 5.92 Å². The van der Waals surface area contributed by atoms with E-state index in [0.29, 0.717) is 5.56 Å². The van der Waals surface area contributed by atoms with Gasteiger partial charge in [-0.2, -0.15) is 5.26 Å². The molecule has 0 aliphatic heterocycles. The number of benzene rings is 2. The lowest BCUT2D eigenvalue weighted by molar-refractivity contribution is -0.384. The predicted molar refractivity (Wildman–Crippen MR) is 87.5 cm³/mol. The van der Waals surface area contributed by atoms with Crippen LogP contribution in [0.15, 0.2) is 42.5 Å². The van der Waals surface area contributed by atoms with Crippen LogP contribution in [0.1, 0.15) is 17.0 Å². The number of nitro groups is 1. The number of anilines is 1. The van der Waals surface area contributed by atoms with Crippen molar-refractivity contribution >= 4 is 17.3 Å². The highest BCUT2D eigenvalue weighted by Gasteiger charge is 2.23. The van der Waals surface area contributed by atoms with Crippen LogP contribution < -0.4 is 5.32 Å². The maximum absolute atomic E-state index is 13.1. The molecule has 0 fully saturated rings. The van der Waals surface area contributed by atoms with Gasteiger partial charge in [-0.25, -0.2) is 4.39 Å². The van der Waals surface area contributed by atoms with Gasteiger partial charge in [0.2, 0.25) is 0 Å². The number of nitriles is 1. The summed E-state index contributed by atoms with van der Waals surface area (Å²) in [6.45, 7) is 0.00501. The highest BCUT2D eigenvalue weighted by atomic mass is 19.1. The lowest BCUT2D eigenvalue weighted by atomic mass is 9.99. The normalized spacial score (nSPS) is 11.2. The molecule has 0 aromatic heterocycles. The number of esters is 1. The lowest BCUT2D eigenvalue weighted by Gasteiger charge is -2.16. The first-order valence-electron chi connectivity index (χ1n) is 7.22. The molecule has 1 atom stereocenters. The summed E-state index contributed by atoms with van der Waals surface area (Å²) in [6, 6.07) is 11.1. The number of methoxy groups -OCH3 is 1. The van der Waals surface area contributed by atoms with Crippen molar-refractivity contribution in [2.24, 2.45) is 0 Å². The smallest absolute Gasteiger partial charge is 0.314 e. The van der Waals surface area contributed by atoms with Gasteiger partial charge in [0.15, 0.2) is 0 Å². The van der Waals surface area contributed by atoms with Crippen LogP contribution in [0.4, 0.5) is 15.8 Å². The summed E-state index contributed by atoms with van der Waals surface area (Å²) in [7, 11) is 1.23. The van der Waals surface area contributed by atoms with E-state index in [0.717, 1.165) is 6.07 Å². The Kier molecular flexibility index (Phi) is 5.63. The second-order valence-electron chi connectivity index (χ2n) is 5.11. The molecule has 0 bridgehead atoms. The fourth-order valence-corrected chi connectivity index (χ4v) is 2.29. The average Bonchev–Trinajstić information content (AvgIpc) is 2.62. The number of carbonyl (C=O) groups excluding carboxylic acids is 1. The Morgan fingerprint density at radius 2 is 2.04 bits per heavy atom. The third kappa shape index (κ3) is 4.29. The summed E-state index contributed by atoms with van der Waals surface area (Å²) in [5.41, 5.74) is 0.555. The van der Waals surface area contributed by atoms with Crippen molar-refractivity contribution in [1.82, 2.24) is 0 Å². The fraction of sp³-hybridized carbons (Fsp3) is 0.176. The van der Waals surface area contributed by atoms with Gasteiger partial charge in [0, 0.05) is 12.6 Å². The maximum atomic E-state index is 13.1. The first-order valence-corrected chi connectivity index (χ1v) is 7.22. The molecule has 0 aliphatic carbocycles. The zero-order valence-corrected chi connectivity index (χ0v) is 13.2. The highest BCUT2D eigenvalue weighted by Crippen LogP contribution is 2.27. The quantitative estimate of drug-likeness (QED) is 0.491. The van der Waals surface area contributed by atoms with E-state index in [1.54, 1.807) is 0 Å². The summed E-state index contributed by atoms with van der Waals surface area (Å²) in [5, 5.41) is 22.8. The van der Waals surface area contributed by atoms with E-state index in [1.807, 2.05) is 6.07 Å². The first-order chi connectivity index (χ1) is 12.0. The molecule has 128 valence electrons. The molecule has 2 rings (SSSR count). The Morgan fingerprint density at radius 3 is 2.60 bits per heavy atom. The van der Waals surface area contributed by atoms with Gasteiger partial charge >= 0.3 is 5.97 Å². The summed E-state index contributed by atoms with van der Waals surface area (Å²) >= 11 is 0. The topological polar surface area (TPSA) is 105 Å². The zero-order valence-electron chi connectivity index (χ0n) is 13.2. The first kappa shape index (κ1) is 17.9. The molecule has 1 unspecified atom stereocenters. The van der Waals surface area contributed by atoms with E-state index in [9.17, 15) is 19.3 Å². The van der Waals surface area contributed by atoms with Crippen molar-refractivity contribution in [1.29, 1.82) is 5.26 Å². The minimum absolute atomic E-state index is 0.00501. The molecule has 7 nitrogen and oxygen atoms in total. The van der Waals surface area contributed by atoms with E-state index in [2.05, 4.69) is 5.32 Å². The summed E-state index contributed by atoms with van der Waals surface area (Å²) in [6.07, 6.45) is 0. The number of rotatable bonds is 6. The van der Waals surface area contributed by atoms with Gasteiger partial charge in [0.25, 0.3) is 5.69 Å². The Hall–Kier alpha value is -3.47. The number of nitrogens with one attached hydrogen (secondary N) is 1. The Labute approximate surface area is 142 Å². The van der Waals surface area contributed by atoms with Crippen LogP contribution >= 0.6 is 0 Å². The zero-order chi connectivity index (χ0) is 18.4. The third-order valence-electron chi connectivity index (χ3n) is 3.58. The SMILES string of the molecule is COC(=O)C(CNc1ccc(C#N)cc1[N+](=O)[O-])c1ccc(F)cc1. The van der Waals surface area contributed by atoms with Crippen LogP contribution in [0.5, 0.6) is 0 Å². The van der Waals surface area contributed by atoms with E-state index < -0.39 is 22.6 Å². The summed E-state index contributed by atoms with van der Waals surface area (Å²) < 4.78 is 17.8. The minimum Gasteiger partial charge on any atom is -0.468 e. The minimum atomic E-state index is -0.777. The van der Waals surface area contributed by atoms with E-state index in [4.69, 9.17) is 10.00 Å². The van der Waals surface area contributed by atoms with Gasteiger partial charge in [-0.3, -0.25) is 14.9 Å². The molecule has 0 radical (unpaired) electrons. The molecule has 0 saturated heterocycles. The molecule has 2 aromatic rings. The standard InChI is InChI=1S/C17H14FN3O4/c1-25-17(22)14(12-3-5-13(18)6-4-12)10-20-15-7-2-11(9-19)8-16(15)21(23)24/h2-8,14,20H,10H2,1H3. The van der Waals surface area contributed by atoms with Gasteiger partial charge in [-0.15, -0.1) is 0 Å². The van der Waals surface area contributed by atoms with Crippen LogP contribution in [-0.4, -0.2) is 24.5 Å². The van der Waals surface area contributed by atoms with Crippen molar-refractivity contribution in [3.63, 3.8) is 0 Å². The number of nitrogens with zero attached hydrogens (tertiary/aromatic N) is 2. The molecule has 0 aliphatic rings. The summed E-state index contributed by atoms with van der Waals surface area (Å²) in [4.78, 5) is 22.5. The van der Waals surface area contributed by atoms with Crippen LogP contribution in [0, 0.1) is 27.3 Å². The average molecular weight is 343 g/mol. The van der Waals surface area contributed by atoms with Crippen LogP contribution in [0.3, 0.4) is 0 Å². The second kappa shape index (κ2) is 7.88. The Morgan fingerprint density at radius 1 is 1.36 bits per heavy atom. The Bertz CT molecular complexity index is 831. The number of nitro benzene ring substituents is 1. The Balaban J connectivity index is 2.27. The molecule has 2 aromatic carbocycles. The largest absolute Gasteiger partial charge is 0.468 e. The van der Waals surface area contributed by atoms with Crippen LogP contribution in [0.2, 0.25) is 0 Å². The molecular weight excluding hydrogens is 329 g/mol. The molecule has 1 N–H and O–H groups in total. The van der Waals surface area contributed by atoms with Crippen molar-refractivity contribution in [3.05, 3.63) is 69.5 Å². The number of hydrogen-bond donors (Lipinski definition) is 1. The third-order valence-corrected chi connectivity index (χ3v) is 3.58.